The topological polar surface area (TPSA) is 104 Å². The molecular weight excluding hydrogens is 420 g/mol. The maximum Gasteiger partial charge on any atom is 0.258 e. The van der Waals surface area contributed by atoms with Crippen molar-refractivity contribution in [2.24, 2.45) is 7.05 Å². The summed E-state index contributed by atoms with van der Waals surface area (Å²) >= 11 is 0. The largest absolute Gasteiger partial charge is 0.480 e. The highest BCUT2D eigenvalue weighted by atomic mass is 16.5. The van der Waals surface area contributed by atoms with Crippen molar-refractivity contribution >= 4 is 16.9 Å². The molecule has 0 bridgehead atoms. The molecule has 1 amide bonds. The van der Waals surface area contributed by atoms with Crippen molar-refractivity contribution in [3.8, 4) is 23.1 Å². The van der Waals surface area contributed by atoms with Crippen molar-refractivity contribution in [2.75, 3.05) is 13.7 Å². The van der Waals surface area contributed by atoms with E-state index >= 15 is 0 Å². The first-order valence-corrected chi connectivity index (χ1v) is 10.5. The number of hydrogen-bond acceptors (Lipinski definition) is 7. The number of fused-ring (bicyclic) bond motifs is 1. The summed E-state index contributed by atoms with van der Waals surface area (Å²) in [4.78, 5) is 25.6. The lowest BCUT2D eigenvalue weighted by molar-refractivity contribution is -0.123. The number of ether oxygens (including phenoxy) is 2. The molecule has 4 aromatic rings. The van der Waals surface area contributed by atoms with Gasteiger partial charge in [0, 0.05) is 13.1 Å². The summed E-state index contributed by atoms with van der Waals surface area (Å²) in [5.74, 6) is 0.534. The summed E-state index contributed by atoms with van der Waals surface area (Å²) in [6.45, 7) is 5.77. The molecule has 1 aromatic carbocycles. The Hall–Kier alpha value is -4.01. The Morgan fingerprint density at radius 2 is 1.88 bits per heavy atom. The molecular formula is C24H26N6O3. The van der Waals surface area contributed by atoms with E-state index in [9.17, 15) is 4.79 Å². The van der Waals surface area contributed by atoms with Crippen LogP contribution in [0, 0.1) is 13.8 Å². The Bertz CT molecular complexity index is 1300. The molecule has 0 spiro atoms. The minimum absolute atomic E-state index is 0.123. The van der Waals surface area contributed by atoms with Crippen LogP contribution >= 0.6 is 0 Å². The molecule has 0 fully saturated rings. The number of methoxy groups -OCH3 is 1. The normalized spacial score (nSPS) is 11.9. The minimum atomic E-state index is -0.222. The molecule has 4 rings (SSSR count). The van der Waals surface area contributed by atoms with Crippen molar-refractivity contribution in [3.63, 3.8) is 0 Å². The number of benzene rings is 1. The SMILES string of the molecule is COc1cncc(-c2nn(C)c3nc(OCC(=O)N[C@@H](C)c4ccc(C)cc4)cc(C)c23)n1. The maximum absolute atomic E-state index is 12.4. The van der Waals surface area contributed by atoms with Crippen molar-refractivity contribution in [2.45, 2.75) is 26.8 Å². The fourth-order valence-corrected chi connectivity index (χ4v) is 3.58. The van der Waals surface area contributed by atoms with Gasteiger partial charge in [0.1, 0.15) is 11.4 Å². The van der Waals surface area contributed by atoms with Crippen LogP contribution in [0.15, 0.2) is 42.7 Å². The molecule has 170 valence electrons. The second-order valence-corrected chi connectivity index (χ2v) is 7.88. The molecule has 0 aliphatic carbocycles. The summed E-state index contributed by atoms with van der Waals surface area (Å²) in [7, 11) is 3.34. The first-order valence-electron chi connectivity index (χ1n) is 10.5. The molecule has 9 heteroatoms. The van der Waals surface area contributed by atoms with E-state index in [-0.39, 0.29) is 18.6 Å². The predicted octanol–water partition coefficient (Wildman–Crippen LogP) is 3.31. The number of aromatic nitrogens is 5. The van der Waals surface area contributed by atoms with Crippen molar-refractivity contribution in [1.29, 1.82) is 0 Å². The van der Waals surface area contributed by atoms with Crippen molar-refractivity contribution in [3.05, 3.63) is 59.4 Å². The Labute approximate surface area is 191 Å². The zero-order valence-corrected chi connectivity index (χ0v) is 19.3. The third-order valence-electron chi connectivity index (χ3n) is 5.34. The predicted molar refractivity (Wildman–Crippen MR) is 124 cm³/mol. The van der Waals surface area contributed by atoms with Crippen LogP contribution in [0.3, 0.4) is 0 Å². The number of aryl methyl sites for hydroxylation is 3. The van der Waals surface area contributed by atoms with Crippen LogP contribution in [0.1, 0.15) is 29.7 Å². The van der Waals surface area contributed by atoms with E-state index < -0.39 is 0 Å². The number of carbonyl (C=O) groups is 1. The van der Waals surface area contributed by atoms with Crippen LogP contribution in [0.5, 0.6) is 11.8 Å². The molecule has 0 radical (unpaired) electrons. The van der Waals surface area contributed by atoms with Gasteiger partial charge in [-0.1, -0.05) is 29.8 Å². The van der Waals surface area contributed by atoms with Gasteiger partial charge < -0.3 is 14.8 Å². The lowest BCUT2D eigenvalue weighted by Gasteiger charge is -2.15. The van der Waals surface area contributed by atoms with Crippen molar-refractivity contribution < 1.29 is 14.3 Å². The van der Waals surface area contributed by atoms with E-state index in [0.717, 1.165) is 16.5 Å². The second-order valence-electron chi connectivity index (χ2n) is 7.88. The van der Waals surface area contributed by atoms with Crippen LogP contribution in [-0.2, 0) is 11.8 Å². The first-order chi connectivity index (χ1) is 15.9. The van der Waals surface area contributed by atoms with E-state index in [4.69, 9.17) is 9.47 Å². The standard InChI is InChI=1S/C24H26N6O3/c1-14-6-8-17(9-7-14)16(3)26-19(31)13-33-20-10-15(2)22-23(29-30(4)24(22)28-20)18-11-25-12-21(27-18)32-5/h6-12,16H,13H2,1-5H3,(H,26,31)/t16-/m0/s1. The molecule has 0 unspecified atom stereocenters. The number of pyridine rings is 1. The van der Waals surface area contributed by atoms with Gasteiger partial charge in [-0.2, -0.15) is 10.1 Å². The molecule has 3 aromatic heterocycles. The summed E-state index contributed by atoms with van der Waals surface area (Å²) in [6.07, 6.45) is 3.17. The minimum Gasteiger partial charge on any atom is -0.480 e. The molecule has 0 aliphatic heterocycles. The maximum atomic E-state index is 12.4. The van der Waals surface area contributed by atoms with Crippen LogP contribution < -0.4 is 14.8 Å². The number of carbonyl (C=O) groups excluding carboxylic acids is 1. The first kappa shape index (κ1) is 22.2. The van der Waals surface area contributed by atoms with Crippen LogP contribution in [-0.4, -0.2) is 44.4 Å². The highest BCUT2D eigenvalue weighted by molar-refractivity contribution is 5.93. The monoisotopic (exact) mass is 446 g/mol. The number of nitrogens with zero attached hydrogens (tertiary/aromatic N) is 5. The van der Waals surface area contributed by atoms with E-state index in [1.54, 1.807) is 31.1 Å². The van der Waals surface area contributed by atoms with Crippen molar-refractivity contribution in [1.82, 2.24) is 30.0 Å². The number of nitrogens with one attached hydrogen (secondary N) is 1. The molecule has 0 saturated heterocycles. The van der Waals surface area contributed by atoms with Gasteiger partial charge in [-0.3, -0.25) is 9.78 Å². The lowest BCUT2D eigenvalue weighted by Crippen LogP contribution is -2.31. The van der Waals surface area contributed by atoms with E-state index in [0.29, 0.717) is 28.8 Å². The summed E-state index contributed by atoms with van der Waals surface area (Å²) < 4.78 is 12.5. The van der Waals surface area contributed by atoms with Gasteiger partial charge in [0.25, 0.3) is 5.91 Å². The lowest BCUT2D eigenvalue weighted by atomic mass is 10.1. The van der Waals surface area contributed by atoms with Gasteiger partial charge in [0.15, 0.2) is 12.3 Å². The zero-order valence-electron chi connectivity index (χ0n) is 19.3. The number of rotatable bonds is 7. The number of hydrogen-bond donors (Lipinski definition) is 1. The quantitative estimate of drug-likeness (QED) is 0.464. The Morgan fingerprint density at radius 1 is 1.12 bits per heavy atom. The highest BCUT2D eigenvalue weighted by Gasteiger charge is 2.18. The third kappa shape index (κ3) is 4.77. The summed E-state index contributed by atoms with van der Waals surface area (Å²) in [5, 5.41) is 8.36. The second kappa shape index (κ2) is 9.23. The van der Waals surface area contributed by atoms with Gasteiger partial charge >= 0.3 is 0 Å². The fourth-order valence-electron chi connectivity index (χ4n) is 3.58. The average Bonchev–Trinajstić information content (AvgIpc) is 3.15. The molecule has 3 heterocycles. The van der Waals surface area contributed by atoms with Gasteiger partial charge in [0.2, 0.25) is 11.8 Å². The Morgan fingerprint density at radius 3 is 2.61 bits per heavy atom. The third-order valence-corrected chi connectivity index (χ3v) is 5.34. The molecule has 33 heavy (non-hydrogen) atoms. The van der Waals surface area contributed by atoms with Gasteiger partial charge in [-0.15, -0.1) is 0 Å². The molecule has 1 atom stereocenters. The van der Waals surface area contributed by atoms with Crippen LogP contribution in [0.2, 0.25) is 0 Å². The number of amides is 1. The Kier molecular flexibility index (Phi) is 6.21. The van der Waals surface area contributed by atoms with E-state index in [1.807, 2.05) is 45.0 Å². The van der Waals surface area contributed by atoms with Gasteiger partial charge in [-0.25, -0.2) is 9.67 Å². The smallest absolute Gasteiger partial charge is 0.258 e. The van der Waals surface area contributed by atoms with Gasteiger partial charge in [-0.05, 0) is 31.9 Å². The molecule has 0 saturated carbocycles. The Balaban J connectivity index is 1.50. The molecule has 1 N–H and O–H groups in total. The molecule has 9 nitrogen and oxygen atoms in total. The molecule has 0 aliphatic rings. The van der Waals surface area contributed by atoms with Gasteiger partial charge in [0.05, 0.1) is 30.9 Å². The summed E-state index contributed by atoms with van der Waals surface area (Å²) in [5.41, 5.74) is 4.97. The van der Waals surface area contributed by atoms with Crippen LogP contribution in [0.4, 0.5) is 0 Å². The zero-order chi connectivity index (χ0) is 23.5. The fraction of sp³-hybridized carbons (Fsp3) is 0.292. The van der Waals surface area contributed by atoms with E-state index in [1.165, 1.54) is 11.8 Å². The summed E-state index contributed by atoms with van der Waals surface area (Å²) in [6, 6.07) is 9.73. The van der Waals surface area contributed by atoms with E-state index in [2.05, 4.69) is 25.4 Å². The van der Waals surface area contributed by atoms with Crippen LogP contribution in [0.25, 0.3) is 22.4 Å². The highest BCUT2D eigenvalue weighted by Crippen LogP contribution is 2.30. The average molecular weight is 447 g/mol.